The molecule has 0 radical (unpaired) electrons. The number of hydrogen-bond donors (Lipinski definition) is 1. The number of hydrogen-bond acceptors (Lipinski definition) is 5. The van der Waals surface area contributed by atoms with Crippen molar-refractivity contribution in [2.24, 2.45) is 0 Å². The number of amides is 1. The summed E-state index contributed by atoms with van der Waals surface area (Å²) in [6.45, 7) is 1.65. The van der Waals surface area contributed by atoms with E-state index in [1.165, 1.54) is 10.7 Å². The molecule has 2 heterocycles. The first kappa shape index (κ1) is 17.9. The van der Waals surface area contributed by atoms with E-state index in [1.54, 1.807) is 43.2 Å². The van der Waals surface area contributed by atoms with Crippen molar-refractivity contribution in [3.8, 4) is 11.3 Å². The number of nitrogens with one attached hydrogen (secondary N) is 1. The van der Waals surface area contributed by atoms with Gasteiger partial charge in [0.1, 0.15) is 6.04 Å². The summed E-state index contributed by atoms with van der Waals surface area (Å²) in [5.41, 5.74) is 1.71. The summed E-state index contributed by atoms with van der Waals surface area (Å²) in [4.78, 5) is 29.9. The van der Waals surface area contributed by atoms with Crippen molar-refractivity contribution in [2.45, 2.75) is 17.9 Å². The molecule has 0 bridgehead atoms. The van der Waals surface area contributed by atoms with Gasteiger partial charge in [0.15, 0.2) is 0 Å². The lowest BCUT2D eigenvalue weighted by molar-refractivity contribution is -0.119. The van der Waals surface area contributed by atoms with E-state index in [0.29, 0.717) is 11.4 Å². The minimum atomic E-state index is -0.753. The summed E-state index contributed by atoms with van der Waals surface area (Å²) in [5, 5.41) is 7.18. The lowest BCUT2D eigenvalue weighted by Crippen LogP contribution is -2.33. The average Bonchev–Trinajstić information content (AvgIpc) is 2.68. The van der Waals surface area contributed by atoms with Gasteiger partial charge in [-0.05, 0) is 49.6 Å². The summed E-state index contributed by atoms with van der Waals surface area (Å²) in [5.74, 6) is -0.304. The number of anilines is 1. The molecule has 26 heavy (non-hydrogen) atoms. The van der Waals surface area contributed by atoms with E-state index in [1.807, 2.05) is 36.6 Å². The summed E-state index contributed by atoms with van der Waals surface area (Å²) < 4.78 is 1.19. The van der Waals surface area contributed by atoms with Crippen molar-refractivity contribution in [3.05, 3.63) is 71.3 Å². The number of aromatic nitrogens is 3. The molecular formula is C19H18N4O2S. The van der Waals surface area contributed by atoms with Crippen LogP contribution >= 0.6 is 11.8 Å². The number of rotatable bonds is 5. The molecule has 0 aliphatic heterocycles. The topological polar surface area (TPSA) is 76.9 Å². The maximum atomic E-state index is 12.6. The van der Waals surface area contributed by atoms with Crippen LogP contribution in [-0.2, 0) is 4.79 Å². The quantitative estimate of drug-likeness (QED) is 0.702. The van der Waals surface area contributed by atoms with E-state index in [9.17, 15) is 9.59 Å². The molecule has 0 saturated carbocycles. The van der Waals surface area contributed by atoms with E-state index in [2.05, 4.69) is 15.4 Å². The smallest absolute Gasteiger partial charge is 0.267 e. The van der Waals surface area contributed by atoms with Gasteiger partial charge in [0.2, 0.25) is 5.91 Å². The van der Waals surface area contributed by atoms with Crippen LogP contribution in [0.4, 0.5) is 5.69 Å². The van der Waals surface area contributed by atoms with E-state index in [4.69, 9.17) is 0 Å². The van der Waals surface area contributed by atoms with Gasteiger partial charge in [0.25, 0.3) is 5.56 Å². The van der Waals surface area contributed by atoms with Gasteiger partial charge in [-0.3, -0.25) is 14.6 Å². The summed E-state index contributed by atoms with van der Waals surface area (Å²) in [7, 11) is 0. The van der Waals surface area contributed by atoms with Crippen molar-refractivity contribution in [1.82, 2.24) is 14.8 Å². The lowest BCUT2D eigenvalue weighted by atomic mass is 10.2. The van der Waals surface area contributed by atoms with Gasteiger partial charge < -0.3 is 5.32 Å². The Balaban J connectivity index is 1.85. The van der Waals surface area contributed by atoms with Crippen LogP contribution in [0.15, 0.2) is 70.6 Å². The van der Waals surface area contributed by atoms with Gasteiger partial charge in [-0.1, -0.05) is 6.07 Å². The molecule has 3 aromatic rings. The second kappa shape index (κ2) is 7.97. The van der Waals surface area contributed by atoms with E-state index in [0.717, 1.165) is 10.5 Å². The third-order valence-corrected chi connectivity index (χ3v) is 4.59. The highest BCUT2D eigenvalue weighted by molar-refractivity contribution is 7.98. The van der Waals surface area contributed by atoms with E-state index in [-0.39, 0.29) is 11.5 Å². The van der Waals surface area contributed by atoms with Crippen LogP contribution in [0.3, 0.4) is 0 Å². The van der Waals surface area contributed by atoms with E-state index >= 15 is 0 Å². The Hall–Kier alpha value is -2.93. The molecule has 0 saturated heterocycles. The minimum Gasteiger partial charge on any atom is -0.324 e. The van der Waals surface area contributed by atoms with Crippen LogP contribution in [0.25, 0.3) is 11.3 Å². The second-order valence-electron chi connectivity index (χ2n) is 5.64. The van der Waals surface area contributed by atoms with Crippen LogP contribution in [0.5, 0.6) is 0 Å². The van der Waals surface area contributed by atoms with Gasteiger partial charge in [-0.2, -0.15) is 5.10 Å². The van der Waals surface area contributed by atoms with Gasteiger partial charge in [0, 0.05) is 34.6 Å². The monoisotopic (exact) mass is 366 g/mol. The summed E-state index contributed by atoms with van der Waals surface area (Å²) >= 11 is 1.59. The van der Waals surface area contributed by atoms with Crippen LogP contribution in [0, 0.1) is 0 Å². The zero-order valence-electron chi connectivity index (χ0n) is 14.4. The highest BCUT2D eigenvalue weighted by atomic mass is 32.2. The first-order valence-corrected chi connectivity index (χ1v) is 9.26. The van der Waals surface area contributed by atoms with Crippen molar-refractivity contribution < 1.29 is 4.79 Å². The molecule has 0 aliphatic rings. The fraction of sp³-hybridized carbons (Fsp3) is 0.158. The van der Waals surface area contributed by atoms with Gasteiger partial charge in [-0.25, -0.2) is 4.68 Å². The lowest BCUT2D eigenvalue weighted by Gasteiger charge is -2.15. The standard InChI is InChI=1S/C19H18N4O2S/c1-13(19(25)21-15-6-3-7-16(11-15)26-2)23-18(24)9-8-17(22-23)14-5-4-10-20-12-14/h3-13H,1-2H3,(H,21,25). The van der Waals surface area contributed by atoms with Crippen molar-refractivity contribution >= 4 is 23.4 Å². The largest absolute Gasteiger partial charge is 0.324 e. The van der Waals surface area contributed by atoms with Crippen molar-refractivity contribution in [2.75, 3.05) is 11.6 Å². The summed E-state index contributed by atoms with van der Waals surface area (Å²) in [6, 6.07) is 13.5. The summed E-state index contributed by atoms with van der Waals surface area (Å²) in [6.07, 6.45) is 5.30. The highest BCUT2D eigenvalue weighted by Gasteiger charge is 2.18. The molecular weight excluding hydrogens is 348 g/mol. The molecule has 1 N–H and O–H groups in total. The molecule has 1 aromatic carbocycles. The zero-order chi connectivity index (χ0) is 18.5. The predicted octanol–water partition coefficient (Wildman–Crippen LogP) is 3.23. The molecule has 0 aliphatic carbocycles. The maximum Gasteiger partial charge on any atom is 0.267 e. The van der Waals surface area contributed by atoms with Crippen LogP contribution < -0.4 is 10.9 Å². The third kappa shape index (κ3) is 4.00. The normalized spacial score (nSPS) is 11.8. The predicted molar refractivity (Wildman–Crippen MR) is 103 cm³/mol. The molecule has 7 heteroatoms. The molecule has 2 aromatic heterocycles. The van der Waals surface area contributed by atoms with Crippen molar-refractivity contribution in [3.63, 3.8) is 0 Å². The van der Waals surface area contributed by atoms with Gasteiger partial charge in [0.05, 0.1) is 5.69 Å². The number of pyridine rings is 1. The molecule has 1 atom stereocenters. The maximum absolute atomic E-state index is 12.6. The Kier molecular flexibility index (Phi) is 5.48. The van der Waals surface area contributed by atoms with Gasteiger partial charge in [-0.15, -0.1) is 11.8 Å². The molecule has 1 amide bonds. The Morgan fingerprint density at radius 3 is 2.77 bits per heavy atom. The Morgan fingerprint density at radius 1 is 1.19 bits per heavy atom. The molecule has 1 unspecified atom stereocenters. The first-order valence-electron chi connectivity index (χ1n) is 8.03. The third-order valence-electron chi connectivity index (χ3n) is 3.87. The fourth-order valence-electron chi connectivity index (χ4n) is 2.43. The van der Waals surface area contributed by atoms with Gasteiger partial charge >= 0.3 is 0 Å². The molecule has 0 fully saturated rings. The average molecular weight is 366 g/mol. The number of thioether (sulfide) groups is 1. The van der Waals surface area contributed by atoms with Crippen molar-refractivity contribution in [1.29, 1.82) is 0 Å². The Bertz CT molecular complexity index is 973. The molecule has 6 nitrogen and oxygen atoms in total. The Labute approximate surface area is 155 Å². The number of nitrogens with zero attached hydrogens (tertiary/aromatic N) is 3. The zero-order valence-corrected chi connectivity index (χ0v) is 15.2. The second-order valence-corrected chi connectivity index (χ2v) is 6.52. The SMILES string of the molecule is CSc1cccc(NC(=O)C(C)n2nc(-c3cccnc3)ccc2=O)c1. The van der Waals surface area contributed by atoms with Crippen LogP contribution in [-0.4, -0.2) is 26.9 Å². The first-order chi connectivity index (χ1) is 12.6. The molecule has 132 valence electrons. The highest BCUT2D eigenvalue weighted by Crippen LogP contribution is 2.20. The number of benzene rings is 1. The Morgan fingerprint density at radius 2 is 2.04 bits per heavy atom. The number of carbonyl (C=O) groups excluding carboxylic acids is 1. The fourth-order valence-corrected chi connectivity index (χ4v) is 2.89. The van der Waals surface area contributed by atoms with Crippen LogP contribution in [0.1, 0.15) is 13.0 Å². The van der Waals surface area contributed by atoms with E-state index < -0.39 is 6.04 Å². The molecule has 3 rings (SSSR count). The number of carbonyl (C=O) groups is 1. The minimum absolute atomic E-state index is 0.304. The molecule has 0 spiro atoms. The van der Waals surface area contributed by atoms with Crippen LogP contribution in [0.2, 0.25) is 0 Å².